The van der Waals surface area contributed by atoms with Crippen LogP contribution in [-0.2, 0) is 6.18 Å². The SMILES string of the molecule is C=Cc1ccc(O)c(C=Nc2ccc(C(F)(F)F)cc2Cl)c1. The predicted molar refractivity (Wildman–Crippen MR) is 81.9 cm³/mol. The quantitative estimate of drug-likeness (QED) is 0.747. The molecule has 114 valence electrons. The summed E-state index contributed by atoms with van der Waals surface area (Å²) in [5.74, 6) is -0.00242. The highest BCUT2D eigenvalue weighted by Gasteiger charge is 2.30. The normalized spacial score (nSPS) is 11.8. The molecule has 0 bridgehead atoms. The summed E-state index contributed by atoms with van der Waals surface area (Å²) in [6.07, 6.45) is -1.53. The number of hydrogen-bond acceptors (Lipinski definition) is 2. The van der Waals surface area contributed by atoms with Gasteiger partial charge in [-0.3, -0.25) is 4.99 Å². The highest BCUT2D eigenvalue weighted by molar-refractivity contribution is 6.33. The van der Waals surface area contributed by atoms with Crippen molar-refractivity contribution >= 4 is 29.6 Å². The van der Waals surface area contributed by atoms with Crippen LogP contribution >= 0.6 is 11.6 Å². The summed E-state index contributed by atoms with van der Waals surface area (Å²) in [5, 5.41) is 9.60. The van der Waals surface area contributed by atoms with Gasteiger partial charge in [0.25, 0.3) is 0 Å². The van der Waals surface area contributed by atoms with E-state index < -0.39 is 11.7 Å². The smallest absolute Gasteiger partial charge is 0.416 e. The average Bonchev–Trinajstić information content (AvgIpc) is 2.46. The van der Waals surface area contributed by atoms with Gasteiger partial charge in [0.1, 0.15) is 5.75 Å². The van der Waals surface area contributed by atoms with Gasteiger partial charge >= 0.3 is 6.18 Å². The Bertz CT molecular complexity index is 739. The number of aliphatic imine (C=N–C) groups is 1. The molecule has 0 atom stereocenters. The van der Waals surface area contributed by atoms with Gasteiger partial charge in [0.2, 0.25) is 0 Å². The molecule has 0 radical (unpaired) electrons. The Hall–Kier alpha value is -2.27. The fourth-order valence-corrected chi connectivity index (χ4v) is 1.96. The molecule has 0 fully saturated rings. The van der Waals surface area contributed by atoms with E-state index >= 15 is 0 Å². The van der Waals surface area contributed by atoms with Crippen molar-refractivity contribution in [2.24, 2.45) is 4.99 Å². The minimum Gasteiger partial charge on any atom is -0.507 e. The van der Waals surface area contributed by atoms with Crippen LogP contribution < -0.4 is 0 Å². The molecule has 2 rings (SSSR count). The predicted octanol–water partition coefficient (Wildman–Crippen LogP) is 5.46. The molecule has 2 nitrogen and oxygen atoms in total. The molecule has 2 aromatic rings. The topological polar surface area (TPSA) is 32.6 Å². The molecular formula is C16H11ClF3NO. The van der Waals surface area contributed by atoms with Gasteiger partial charge in [-0.2, -0.15) is 13.2 Å². The van der Waals surface area contributed by atoms with Gasteiger partial charge in [-0.15, -0.1) is 0 Å². The van der Waals surface area contributed by atoms with E-state index in [0.29, 0.717) is 5.56 Å². The minimum absolute atomic E-state index is 0.00242. The Morgan fingerprint density at radius 2 is 1.86 bits per heavy atom. The van der Waals surface area contributed by atoms with Gasteiger partial charge in [-0.05, 0) is 35.9 Å². The van der Waals surface area contributed by atoms with E-state index in [4.69, 9.17) is 11.6 Å². The van der Waals surface area contributed by atoms with Crippen molar-refractivity contribution in [3.05, 3.63) is 64.7 Å². The fourth-order valence-electron chi connectivity index (χ4n) is 1.73. The lowest BCUT2D eigenvalue weighted by Gasteiger charge is -2.07. The van der Waals surface area contributed by atoms with Crippen LogP contribution in [0.1, 0.15) is 16.7 Å². The Morgan fingerprint density at radius 3 is 2.45 bits per heavy atom. The Labute approximate surface area is 130 Å². The molecule has 0 amide bonds. The highest BCUT2D eigenvalue weighted by Crippen LogP contribution is 2.34. The number of hydrogen-bond donors (Lipinski definition) is 1. The van der Waals surface area contributed by atoms with Crippen LogP contribution in [-0.4, -0.2) is 11.3 Å². The number of rotatable bonds is 3. The van der Waals surface area contributed by atoms with Gasteiger partial charge in [0, 0.05) is 11.8 Å². The third kappa shape index (κ3) is 3.68. The summed E-state index contributed by atoms with van der Waals surface area (Å²) < 4.78 is 37.6. The van der Waals surface area contributed by atoms with Gasteiger partial charge in [0.05, 0.1) is 16.3 Å². The lowest BCUT2D eigenvalue weighted by atomic mass is 10.1. The largest absolute Gasteiger partial charge is 0.507 e. The number of alkyl halides is 3. The lowest BCUT2D eigenvalue weighted by molar-refractivity contribution is -0.137. The number of benzene rings is 2. The third-order valence-corrected chi connectivity index (χ3v) is 3.21. The molecule has 0 spiro atoms. The summed E-state index contributed by atoms with van der Waals surface area (Å²) in [6.45, 7) is 3.61. The van der Waals surface area contributed by atoms with Gasteiger partial charge < -0.3 is 5.11 Å². The van der Waals surface area contributed by atoms with Crippen LogP contribution in [0.15, 0.2) is 48.0 Å². The van der Waals surface area contributed by atoms with E-state index in [0.717, 1.165) is 17.7 Å². The molecule has 0 unspecified atom stereocenters. The van der Waals surface area contributed by atoms with E-state index in [9.17, 15) is 18.3 Å². The highest BCUT2D eigenvalue weighted by atomic mass is 35.5. The Balaban J connectivity index is 2.33. The van der Waals surface area contributed by atoms with Crippen LogP contribution in [0.25, 0.3) is 6.08 Å². The molecule has 6 heteroatoms. The monoisotopic (exact) mass is 325 g/mol. The summed E-state index contributed by atoms with van der Waals surface area (Å²) in [7, 11) is 0. The average molecular weight is 326 g/mol. The molecule has 0 aliphatic carbocycles. The second kappa shape index (κ2) is 6.23. The van der Waals surface area contributed by atoms with Crippen LogP contribution in [0.5, 0.6) is 5.75 Å². The lowest BCUT2D eigenvalue weighted by Crippen LogP contribution is -2.04. The van der Waals surface area contributed by atoms with Crippen molar-refractivity contribution in [3.63, 3.8) is 0 Å². The van der Waals surface area contributed by atoms with E-state index in [-0.39, 0.29) is 16.5 Å². The van der Waals surface area contributed by atoms with Crippen molar-refractivity contribution in [2.75, 3.05) is 0 Å². The summed E-state index contributed by atoms with van der Waals surface area (Å²) >= 11 is 5.81. The summed E-state index contributed by atoms with van der Waals surface area (Å²) in [6, 6.07) is 7.68. The number of aromatic hydroxyl groups is 1. The zero-order valence-corrected chi connectivity index (χ0v) is 12.0. The first-order valence-electron chi connectivity index (χ1n) is 6.17. The molecule has 2 aromatic carbocycles. The number of nitrogens with zero attached hydrogens (tertiary/aromatic N) is 1. The van der Waals surface area contributed by atoms with E-state index in [2.05, 4.69) is 11.6 Å². The molecule has 22 heavy (non-hydrogen) atoms. The molecule has 1 N–H and O–H groups in total. The van der Waals surface area contributed by atoms with Crippen LogP contribution in [0.2, 0.25) is 5.02 Å². The van der Waals surface area contributed by atoms with Crippen LogP contribution in [0.4, 0.5) is 18.9 Å². The number of phenolic OH excluding ortho intramolecular Hbond substituents is 1. The molecule has 0 aliphatic rings. The zero-order chi connectivity index (χ0) is 16.3. The Kier molecular flexibility index (Phi) is 4.56. The third-order valence-electron chi connectivity index (χ3n) is 2.91. The first-order chi connectivity index (χ1) is 10.3. The number of phenols is 1. The number of halogens is 4. The van der Waals surface area contributed by atoms with Gasteiger partial charge in [-0.1, -0.05) is 30.3 Å². The van der Waals surface area contributed by atoms with E-state index in [1.54, 1.807) is 18.2 Å². The fraction of sp³-hybridized carbons (Fsp3) is 0.0625. The minimum atomic E-state index is -4.46. The standard InChI is InChI=1S/C16H11ClF3NO/c1-2-10-3-6-15(22)11(7-10)9-21-14-5-4-12(8-13(14)17)16(18,19)20/h2-9,22H,1H2. The maximum Gasteiger partial charge on any atom is 0.416 e. The molecule has 0 aromatic heterocycles. The zero-order valence-electron chi connectivity index (χ0n) is 11.2. The second-order valence-electron chi connectivity index (χ2n) is 4.44. The van der Waals surface area contributed by atoms with E-state index in [1.165, 1.54) is 18.3 Å². The van der Waals surface area contributed by atoms with Crippen molar-refractivity contribution in [1.82, 2.24) is 0 Å². The first kappa shape index (κ1) is 16.1. The molecule has 0 saturated carbocycles. The summed E-state index contributed by atoms with van der Waals surface area (Å²) in [4.78, 5) is 4.02. The van der Waals surface area contributed by atoms with E-state index in [1.807, 2.05) is 0 Å². The first-order valence-corrected chi connectivity index (χ1v) is 6.55. The molecule has 0 aliphatic heterocycles. The van der Waals surface area contributed by atoms with Crippen molar-refractivity contribution < 1.29 is 18.3 Å². The van der Waals surface area contributed by atoms with Crippen LogP contribution in [0.3, 0.4) is 0 Å². The van der Waals surface area contributed by atoms with Gasteiger partial charge in [0.15, 0.2) is 0 Å². The maximum absolute atomic E-state index is 12.5. The maximum atomic E-state index is 12.5. The second-order valence-corrected chi connectivity index (χ2v) is 4.85. The van der Waals surface area contributed by atoms with Crippen LogP contribution in [0, 0.1) is 0 Å². The molecular weight excluding hydrogens is 315 g/mol. The van der Waals surface area contributed by atoms with Crippen molar-refractivity contribution in [1.29, 1.82) is 0 Å². The summed E-state index contributed by atoms with van der Waals surface area (Å²) in [5.41, 5.74) is 0.525. The van der Waals surface area contributed by atoms with Gasteiger partial charge in [-0.25, -0.2) is 0 Å². The van der Waals surface area contributed by atoms with Crippen molar-refractivity contribution in [2.45, 2.75) is 6.18 Å². The molecule has 0 saturated heterocycles. The van der Waals surface area contributed by atoms with Crippen molar-refractivity contribution in [3.8, 4) is 5.75 Å². The molecule has 0 heterocycles. The Morgan fingerprint density at radius 1 is 1.14 bits per heavy atom.